The Bertz CT molecular complexity index is 729. The number of imide groups is 1. The molecule has 116 valence electrons. The van der Waals surface area contributed by atoms with E-state index in [1.165, 1.54) is 4.90 Å². The van der Waals surface area contributed by atoms with E-state index in [0.29, 0.717) is 16.8 Å². The molecule has 5 heteroatoms. The SMILES string of the molecule is O=C1c2ccccc2C(=O)N1c1ccc(N2CCNCC2)cc1. The Labute approximate surface area is 134 Å². The van der Waals surface area contributed by atoms with Gasteiger partial charge in [0.05, 0.1) is 16.8 Å². The highest BCUT2D eigenvalue weighted by molar-refractivity contribution is 6.34. The number of rotatable bonds is 2. The number of hydrogen-bond donors (Lipinski definition) is 1. The van der Waals surface area contributed by atoms with Crippen molar-refractivity contribution in [3.63, 3.8) is 0 Å². The minimum atomic E-state index is -0.250. The minimum absolute atomic E-state index is 0.250. The predicted molar refractivity (Wildman–Crippen MR) is 89.1 cm³/mol. The van der Waals surface area contributed by atoms with Gasteiger partial charge in [-0.3, -0.25) is 9.59 Å². The first-order valence-electron chi connectivity index (χ1n) is 7.79. The number of fused-ring (bicyclic) bond motifs is 1. The van der Waals surface area contributed by atoms with Crippen LogP contribution in [-0.4, -0.2) is 38.0 Å². The highest BCUT2D eigenvalue weighted by Gasteiger charge is 2.36. The number of nitrogens with zero attached hydrogens (tertiary/aromatic N) is 2. The third-order valence-corrected chi connectivity index (χ3v) is 4.38. The number of benzene rings is 2. The summed E-state index contributed by atoms with van der Waals surface area (Å²) in [4.78, 5) is 28.5. The Balaban J connectivity index is 1.62. The molecule has 2 aliphatic rings. The molecule has 2 aromatic carbocycles. The molecule has 0 aromatic heterocycles. The average Bonchev–Trinajstić information content (AvgIpc) is 2.87. The second-order valence-electron chi connectivity index (χ2n) is 5.74. The zero-order valence-corrected chi connectivity index (χ0v) is 12.7. The van der Waals surface area contributed by atoms with E-state index < -0.39 is 0 Å². The number of piperazine rings is 1. The van der Waals surface area contributed by atoms with Crippen LogP contribution in [0.25, 0.3) is 0 Å². The summed E-state index contributed by atoms with van der Waals surface area (Å²) in [5.74, 6) is -0.499. The van der Waals surface area contributed by atoms with Gasteiger partial charge in [-0.05, 0) is 36.4 Å². The number of carbonyl (C=O) groups excluding carboxylic acids is 2. The lowest BCUT2D eigenvalue weighted by atomic mass is 10.1. The third-order valence-electron chi connectivity index (χ3n) is 4.38. The fourth-order valence-corrected chi connectivity index (χ4v) is 3.16. The van der Waals surface area contributed by atoms with Crippen LogP contribution in [0.3, 0.4) is 0 Å². The quantitative estimate of drug-likeness (QED) is 0.861. The average molecular weight is 307 g/mol. The molecule has 2 heterocycles. The largest absolute Gasteiger partial charge is 0.369 e. The van der Waals surface area contributed by atoms with E-state index in [9.17, 15) is 9.59 Å². The van der Waals surface area contributed by atoms with E-state index in [4.69, 9.17) is 0 Å². The van der Waals surface area contributed by atoms with Gasteiger partial charge < -0.3 is 10.2 Å². The minimum Gasteiger partial charge on any atom is -0.369 e. The van der Waals surface area contributed by atoms with Crippen molar-refractivity contribution in [1.29, 1.82) is 0 Å². The Morgan fingerprint density at radius 1 is 0.739 bits per heavy atom. The number of hydrogen-bond acceptors (Lipinski definition) is 4. The molecule has 4 rings (SSSR count). The van der Waals surface area contributed by atoms with E-state index in [2.05, 4.69) is 10.2 Å². The summed E-state index contributed by atoms with van der Waals surface area (Å²) < 4.78 is 0. The molecule has 0 saturated carbocycles. The van der Waals surface area contributed by atoms with E-state index in [-0.39, 0.29) is 11.8 Å². The zero-order valence-electron chi connectivity index (χ0n) is 12.7. The second-order valence-corrected chi connectivity index (χ2v) is 5.74. The van der Waals surface area contributed by atoms with Crippen molar-refractivity contribution in [2.45, 2.75) is 0 Å². The molecule has 0 bridgehead atoms. The summed E-state index contributed by atoms with van der Waals surface area (Å²) in [5.41, 5.74) is 2.69. The first-order valence-corrected chi connectivity index (χ1v) is 7.79. The van der Waals surface area contributed by atoms with Crippen LogP contribution in [0.4, 0.5) is 11.4 Å². The van der Waals surface area contributed by atoms with Gasteiger partial charge in [0, 0.05) is 31.9 Å². The van der Waals surface area contributed by atoms with Gasteiger partial charge in [0.1, 0.15) is 0 Å². The highest BCUT2D eigenvalue weighted by atomic mass is 16.2. The van der Waals surface area contributed by atoms with Crippen molar-refractivity contribution in [2.24, 2.45) is 0 Å². The summed E-state index contributed by atoms with van der Waals surface area (Å²) in [6.07, 6.45) is 0. The number of carbonyl (C=O) groups is 2. The van der Waals surface area contributed by atoms with Crippen molar-refractivity contribution in [3.05, 3.63) is 59.7 Å². The van der Waals surface area contributed by atoms with Crippen molar-refractivity contribution < 1.29 is 9.59 Å². The first kappa shape index (κ1) is 14.0. The zero-order chi connectivity index (χ0) is 15.8. The van der Waals surface area contributed by atoms with E-state index in [1.54, 1.807) is 24.3 Å². The van der Waals surface area contributed by atoms with Crippen LogP contribution in [0.2, 0.25) is 0 Å². The van der Waals surface area contributed by atoms with Crippen molar-refractivity contribution in [1.82, 2.24) is 5.32 Å². The van der Waals surface area contributed by atoms with E-state index in [0.717, 1.165) is 31.9 Å². The lowest BCUT2D eigenvalue weighted by Gasteiger charge is -2.29. The van der Waals surface area contributed by atoms with Gasteiger partial charge in [0.2, 0.25) is 0 Å². The van der Waals surface area contributed by atoms with E-state index in [1.807, 2.05) is 24.3 Å². The molecule has 0 radical (unpaired) electrons. The molecule has 0 spiro atoms. The summed E-state index contributed by atoms with van der Waals surface area (Å²) in [6, 6.07) is 14.6. The number of anilines is 2. The lowest BCUT2D eigenvalue weighted by Crippen LogP contribution is -2.43. The Morgan fingerprint density at radius 3 is 1.83 bits per heavy atom. The van der Waals surface area contributed by atoms with Crippen LogP contribution < -0.4 is 15.1 Å². The maximum atomic E-state index is 12.5. The maximum Gasteiger partial charge on any atom is 0.266 e. The van der Waals surface area contributed by atoms with Gasteiger partial charge >= 0.3 is 0 Å². The van der Waals surface area contributed by atoms with Crippen molar-refractivity contribution in [3.8, 4) is 0 Å². The monoisotopic (exact) mass is 307 g/mol. The summed E-state index contributed by atoms with van der Waals surface area (Å²) in [6.45, 7) is 3.87. The molecule has 1 saturated heterocycles. The normalized spacial score (nSPS) is 17.6. The molecule has 2 aliphatic heterocycles. The molecule has 5 nitrogen and oxygen atoms in total. The van der Waals surface area contributed by atoms with E-state index >= 15 is 0 Å². The van der Waals surface area contributed by atoms with Crippen LogP contribution >= 0.6 is 0 Å². The number of amides is 2. The highest BCUT2D eigenvalue weighted by Crippen LogP contribution is 2.29. The van der Waals surface area contributed by atoms with Gasteiger partial charge in [-0.2, -0.15) is 0 Å². The number of nitrogens with one attached hydrogen (secondary N) is 1. The Morgan fingerprint density at radius 2 is 1.26 bits per heavy atom. The molecule has 0 unspecified atom stereocenters. The topological polar surface area (TPSA) is 52.7 Å². The molecule has 2 amide bonds. The fourth-order valence-electron chi connectivity index (χ4n) is 3.16. The molecular formula is C18H17N3O2. The summed E-state index contributed by atoms with van der Waals surface area (Å²) in [7, 11) is 0. The van der Waals surface area contributed by atoms with Gasteiger partial charge in [-0.1, -0.05) is 12.1 Å². The van der Waals surface area contributed by atoms with Gasteiger partial charge in [-0.15, -0.1) is 0 Å². The molecule has 1 N–H and O–H groups in total. The Kier molecular flexibility index (Phi) is 3.35. The van der Waals surface area contributed by atoms with Crippen LogP contribution in [0.5, 0.6) is 0 Å². The van der Waals surface area contributed by atoms with Crippen LogP contribution in [0.1, 0.15) is 20.7 Å². The second kappa shape index (κ2) is 5.52. The third kappa shape index (κ3) is 2.29. The van der Waals surface area contributed by atoms with Gasteiger partial charge in [0.25, 0.3) is 11.8 Å². The summed E-state index contributed by atoms with van der Waals surface area (Å²) in [5, 5.41) is 3.32. The molecule has 23 heavy (non-hydrogen) atoms. The fraction of sp³-hybridized carbons (Fsp3) is 0.222. The lowest BCUT2D eigenvalue weighted by molar-refractivity contribution is 0.0926. The molecule has 0 aliphatic carbocycles. The maximum absolute atomic E-state index is 12.5. The standard InChI is InChI=1S/C18H17N3O2/c22-17-15-3-1-2-4-16(15)18(23)21(17)14-7-5-13(6-8-14)20-11-9-19-10-12-20/h1-8,19H,9-12H2. The van der Waals surface area contributed by atoms with Crippen molar-refractivity contribution in [2.75, 3.05) is 36.0 Å². The molecule has 1 fully saturated rings. The summed E-state index contributed by atoms with van der Waals surface area (Å²) >= 11 is 0. The molecular weight excluding hydrogens is 290 g/mol. The van der Waals surface area contributed by atoms with Crippen molar-refractivity contribution >= 4 is 23.2 Å². The van der Waals surface area contributed by atoms with Crippen LogP contribution in [-0.2, 0) is 0 Å². The smallest absolute Gasteiger partial charge is 0.266 e. The molecule has 2 aromatic rings. The van der Waals surface area contributed by atoms with Gasteiger partial charge in [0.15, 0.2) is 0 Å². The Hall–Kier alpha value is -2.66. The van der Waals surface area contributed by atoms with Gasteiger partial charge in [-0.25, -0.2) is 4.90 Å². The van der Waals surface area contributed by atoms with Crippen LogP contribution in [0, 0.1) is 0 Å². The first-order chi connectivity index (χ1) is 11.3. The molecule has 0 atom stereocenters. The van der Waals surface area contributed by atoms with Crippen LogP contribution in [0.15, 0.2) is 48.5 Å². The predicted octanol–water partition coefficient (Wildman–Crippen LogP) is 1.90.